The third-order valence-corrected chi connectivity index (χ3v) is 4.69. The van der Waals surface area contributed by atoms with Crippen LogP contribution >= 0.6 is 15.9 Å². The number of hydrogen-bond donors (Lipinski definition) is 1. The molecule has 1 saturated heterocycles. The van der Waals surface area contributed by atoms with Gasteiger partial charge in [0.15, 0.2) is 6.19 Å². The van der Waals surface area contributed by atoms with E-state index in [9.17, 15) is 4.79 Å². The van der Waals surface area contributed by atoms with Crippen LogP contribution in [-0.2, 0) is 7.05 Å². The molecule has 3 heterocycles. The van der Waals surface area contributed by atoms with Gasteiger partial charge in [0.2, 0.25) is 0 Å². The quantitative estimate of drug-likeness (QED) is 0.793. The lowest BCUT2D eigenvalue weighted by atomic mass is 10.2. The van der Waals surface area contributed by atoms with E-state index in [1.54, 1.807) is 30.4 Å². The fraction of sp³-hybridized carbons (Fsp3) is 0.353. The summed E-state index contributed by atoms with van der Waals surface area (Å²) in [6.45, 7) is 4.32. The van der Waals surface area contributed by atoms with E-state index in [-0.39, 0.29) is 11.6 Å². The summed E-state index contributed by atoms with van der Waals surface area (Å²) in [5.74, 6) is 0.613. The van der Waals surface area contributed by atoms with Gasteiger partial charge < -0.3 is 19.7 Å². The summed E-state index contributed by atoms with van der Waals surface area (Å²) < 4.78 is 2.33. The van der Waals surface area contributed by atoms with Crippen LogP contribution in [0.4, 0.5) is 17.2 Å². The zero-order valence-electron chi connectivity index (χ0n) is 14.1. The Hall–Kier alpha value is -2.53. The second-order valence-electron chi connectivity index (χ2n) is 6.10. The lowest BCUT2D eigenvalue weighted by molar-refractivity contribution is 0.318. The Bertz CT molecular complexity index is 857. The van der Waals surface area contributed by atoms with Crippen molar-refractivity contribution in [3.63, 3.8) is 0 Å². The fourth-order valence-corrected chi connectivity index (χ4v) is 3.50. The summed E-state index contributed by atoms with van der Waals surface area (Å²) in [5, 5.41) is 12.1. The number of anilines is 3. The first-order chi connectivity index (χ1) is 12.0. The monoisotopic (exact) mass is 402 g/mol. The van der Waals surface area contributed by atoms with Gasteiger partial charge >= 0.3 is 0 Å². The van der Waals surface area contributed by atoms with Crippen molar-refractivity contribution >= 4 is 33.1 Å². The van der Waals surface area contributed by atoms with Gasteiger partial charge in [0.25, 0.3) is 5.56 Å². The van der Waals surface area contributed by atoms with Gasteiger partial charge in [0.05, 0.1) is 11.9 Å². The minimum Gasteiger partial charge on any atom is -0.364 e. The molecule has 8 heteroatoms. The van der Waals surface area contributed by atoms with E-state index in [0.29, 0.717) is 18.1 Å². The van der Waals surface area contributed by atoms with Crippen LogP contribution in [0.1, 0.15) is 6.92 Å². The van der Waals surface area contributed by atoms with Crippen molar-refractivity contribution in [2.45, 2.75) is 13.0 Å². The largest absolute Gasteiger partial charge is 0.364 e. The number of piperazine rings is 1. The molecule has 1 atom stereocenters. The van der Waals surface area contributed by atoms with Gasteiger partial charge in [-0.2, -0.15) is 5.26 Å². The lowest BCUT2D eigenvalue weighted by Gasteiger charge is -2.38. The average molecular weight is 403 g/mol. The molecule has 3 rings (SSSR count). The number of pyridine rings is 2. The van der Waals surface area contributed by atoms with Crippen LogP contribution in [0.25, 0.3) is 0 Å². The van der Waals surface area contributed by atoms with Crippen LogP contribution in [0.5, 0.6) is 0 Å². The third kappa shape index (κ3) is 3.77. The molecule has 130 valence electrons. The van der Waals surface area contributed by atoms with E-state index in [1.807, 2.05) is 12.1 Å². The summed E-state index contributed by atoms with van der Waals surface area (Å²) in [5.41, 5.74) is 1.36. The standard InChI is InChI=1S/C17H19BrN6O/c1-12-9-23(11-19)5-6-24(12)14-3-4-16(20-8-14)21-15-7-13(18)10-22(2)17(15)25/h3-4,7-8,10,12H,5-6,9H2,1-2H3,(H,20,21)/t12-/m0/s1. The van der Waals surface area contributed by atoms with Crippen molar-refractivity contribution in [2.75, 3.05) is 29.9 Å². The molecule has 2 aromatic rings. The number of nitriles is 1. The molecule has 0 amide bonds. The maximum atomic E-state index is 12.2. The Balaban J connectivity index is 1.75. The topological polar surface area (TPSA) is 77.2 Å². The van der Waals surface area contributed by atoms with Crippen molar-refractivity contribution in [3.8, 4) is 6.19 Å². The number of aromatic nitrogens is 2. The minimum absolute atomic E-state index is 0.115. The Morgan fingerprint density at radius 2 is 2.20 bits per heavy atom. The van der Waals surface area contributed by atoms with E-state index in [4.69, 9.17) is 5.26 Å². The number of hydrogen-bond acceptors (Lipinski definition) is 6. The van der Waals surface area contributed by atoms with Crippen molar-refractivity contribution in [1.82, 2.24) is 14.5 Å². The van der Waals surface area contributed by atoms with Crippen LogP contribution in [0.15, 0.2) is 39.9 Å². The van der Waals surface area contributed by atoms with E-state index in [2.05, 4.69) is 44.2 Å². The van der Waals surface area contributed by atoms with Crippen molar-refractivity contribution in [1.29, 1.82) is 5.26 Å². The Morgan fingerprint density at radius 1 is 1.40 bits per heavy atom. The smallest absolute Gasteiger partial charge is 0.274 e. The molecule has 25 heavy (non-hydrogen) atoms. The summed E-state index contributed by atoms with van der Waals surface area (Å²) in [6.07, 6.45) is 5.71. The molecule has 7 nitrogen and oxygen atoms in total. The molecular weight excluding hydrogens is 384 g/mol. The predicted octanol–water partition coefficient (Wildman–Crippen LogP) is 2.28. The molecule has 1 aliphatic heterocycles. The Kier molecular flexibility index (Phi) is 4.95. The highest BCUT2D eigenvalue weighted by Gasteiger charge is 2.23. The maximum absolute atomic E-state index is 12.2. The summed E-state index contributed by atoms with van der Waals surface area (Å²) in [7, 11) is 1.71. The van der Waals surface area contributed by atoms with Gasteiger partial charge in [-0.25, -0.2) is 4.98 Å². The molecule has 0 bridgehead atoms. The Labute approximate surface area is 154 Å². The van der Waals surface area contributed by atoms with Crippen molar-refractivity contribution in [3.05, 3.63) is 45.4 Å². The molecule has 0 radical (unpaired) electrons. The fourth-order valence-electron chi connectivity index (χ4n) is 2.96. The van der Waals surface area contributed by atoms with E-state index in [0.717, 1.165) is 23.2 Å². The zero-order valence-corrected chi connectivity index (χ0v) is 15.7. The van der Waals surface area contributed by atoms with Crippen LogP contribution in [0, 0.1) is 11.5 Å². The number of nitrogens with one attached hydrogen (secondary N) is 1. The van der Waals surface area contributed by atoms with Crippen molar-refractivity contribution in [2.24, 2.45) is 7.05 Å². The molecule has 0 aliphatic carbocycles. The maximum Gasteiger partial charge on any atom is 0.274 e. The summed E-state index contributed by atoms with van der Waals surface area (Å²) in [4.78, 5) is 20.6. The molecular formula is C17H19BrN6O. The Morgan fingerprint density at radius 3 is 2.84 bits per heavy atom. The molecule has 2 aromatic heterocycles. The molecule has 1 fully saturated rings. The molecule has 1 aliphatic rings. The van der Waals surface area contributed by atoms with E-state index < -0.39 is 0 Å². The van der Waals surface area contributed by atoms with Gasteiger partial charge in [0.1, 0.15) is 11.5 Å². The van der Waals surface area contributed by atoms with Gasteiger partial charge in [-0.3, -0.25) is 4.79 Å². The number of nitrogens with zero attached hydrogens (tertiary/aromatic N) is 5. The highest BCUT2D eigenvalue weighted by atomic mass is 79.9. The lowest BCUT2D eigenvalue weighted by Crippen LogP contribution is -2.50. The second kappa shape index (κ2) is 7.15. The second-order valence-corrected chi connectivity index (χ2v) is 7.02. The summed E-state index contributed by atoms with van der Waals surface area (Å²) >= 11 is 3.39. The van der Waals surface area contributed by atoms with Crippen LogP contribution in [-0.4, -0.2) is 40.1 Å². The van der Waals surface area contributed by atoms with Gasteiger partial charge in [-0.1, -0.05) is 0 Å². The highest BCUT2D eigenvalue weighted by molar-refractivity contribution is 9.10. The minimum atomic E-state index is -0.115. The van der Waals surface area contributed by atoms with Gasteiger partial charge in [-0.15, -0.1) is 0 Å². The highest BCUT2D eigenvalue weighted by Crippen LogP contribution is 2.22. The molecule has 0 saturated carbocycles. The number of rotatable bonds is 3. The first kappa shape index (κ1) is 17.3. The zero-order chi connectivity index (χ0) is 18.0. The number of aryl methyl sites for hydroxylation is 1. The predicted molar refractivity (Wildman–Crippen MR) is 101 cm³/mol. The molecule has 0 unspecified atom stereocenters. The first-order valence-corrected chi connectivity index (χ1v) is 8.78. The molecule has 0 spiro atoms. The van der Waals surface area contributed by atoms with E-state index >= 15 is 0 Å². The average Bonchev–Trinajstić information content (AvgIpc) is 2.60. The molecule has 0 aromatic carbocycles. The van der Waals surface area contributed by atoms with Crippen LogP contribution in [0.3, 0.4) is 0 Å². The van der Waals surface area contributed by atoms with Crippen molar-refractivity contribution < 1.29 is 0 Å². The third-order valence-electron chi connectivity index (χ3n) is 4.26. The molecule has 1 N–H and O–H groups in total. The van der Waals surface area contributed by atoms with Gasteiger partial charge in [0, 0.05) is 43.4 Å². The van der Waals surface area contributed by atoms with Crippen LogP contribution < -0.4 is 15.8 Å². The van der Waals surface area contributed by atoms with Crippen LogP contribution in [0.2, 0.25) is 0 Å². The normalized spacial score (nSPS) is 17.3. The SMILES string of the molecule is C[C@H]1CN(C#N)CCN1c1ccc(Nc2cc(Br)cn(C)c2=O)nc1. The van der Waals surface area contributed by atoms with E-state index in [1.165, 1.54) is 4.57 Å². The van der Waals surface area contributed by atoms with Gasteiger partial charge in [-0.05, 0) is 41.1 Å². The first-order valence-electron chi connectivity index (χ1n) is 7.98. The number of halogens is 1. The summed E-state index contributed by atoms with van der Waals surface area (Å²) in [6, 6.07) is 5.82.